The predicted octanol–water partition coefficient (Wildman–Crippen LogP) is 1.86. The fraction of sp³-hybridized carbons (Fsp3) is 0.231. The zero-order valence-electron chi connectivity index (χ0n) is 11.2. The molecule has 0 aliphatic carbocycles. The number of imidazole rings is 1. The van der Waals surface area contributed by atoms with Gasteiger partial charge in [-0.1, -0.05) is 6.07 Å². The summed E-state index contributed by atoms with van der Waals surface area (Å²) in [4.78, 5) is 25.4. The van der Waals surface area contributed by atoms with Crippen LogP contribution in [-0.4, -0.2) is 32.7 Å². The molecule has 0 radical (unpaired) electrons. The Hall–Kier alpha value is -2.90. The van der Waals surface area contributed by atoms with Crippen molar-refractivity contribution >= 4 is 11.7 Å². The second kappa shape index (κ2) is 6.04. The van der Waals surface area contributed by atoms with Gasteiger partial charge in [-0.05, 0) is 11.6 Å². The van der Waals surface area contributed by atoms with Crippen molar-refractivity contribution in [3.05, 3.63) is 52.6 Å². The van der Waals surface area contributed by atoms with E-state index in [1.54, 1.807) is 16.8 Å². The number of hydrogen-bond donors (Lipinski definition) is 1. The van der Waals surface area contributed by atoms with E-state index in [1.165, 1.54) is 31.8 Å². The molecule has 0 bridgehead atoms. The first-order valence-electron chi connectivity index (χ1n) is 6.04. The number of benzene rings is 1. The lowest BCUT2D eigenvalue weighted by atomic mass is 10.0. The van der Waals surface area contributed by atoms with Gasteiger partial charge in [0.2, 0.25) is 0 Å². The number of carbonyl (C=O) groups is 1. The van der Waals surface area contributed by atoms with Crippen LogP contribution in [0.2, 0.25) is 0 Å². The molecule has 8 nitrogen and oxygen atoms in total. The number of aliphatic carboxylic acids is 1. The van der Waals surface area contributed by atoms with E-state index in [-0.39, 0.29) is 17.9 Å². The Kier molecular flexibility index (Phi) is 4.17. The molecule has 1 heterocycles. The van der Waals surface area contributed by atoms with Crippen LogP contribution in [0.3, 0.4) is 0 Å². The standard InChI is InChI=1S/C13H13N3O5/c1-21-12-3-2-9(6-11(12)16(19)20)10(7-13(17)18)15-5-4-14-8-15/h2-6,8,10H,7H2,1H3,(H,17,18). The Bertz CT molecular complexity index is 654. The van der Waals surface area contributed by atoms with Crippen LogP contribution in [-0.2, 0) is 4.79 Å². The Morgan fingerprint density at radius 3 is 2.86 bits per heavy atom. The van der Waals surface area contributed by atoms with Crippen LogP contribution in [0.4, 0.5) is 5.69 Å². The lowest BCUT2D eigenvalue weighted by Crippen LogP contribution is -2.14. The van der Waals surface area contributed by atoms with Crippen molar-refractivity contribution < 1.29 is 19.6 Å². The van der Waals surface area contributed by atoms with Gasteiger partial charge >= 0.3 is 11.7 Å². The first-order valence-corrected chi connectivity index (χ1v) is 6.04. The SMILES string of the molecule is COc1ccc(C(CC(=O)O)n2ccnc2)cc1[N+](=O)[O-]. The first kappa shape index (κ1) is 14.5. The number of nitro groups is 1. The average Bonchev–Trinajstić information content (AvgIpc) is 2.97. The maximum absolute atomic E-state index is 11.1. The number of hydrogen-bond acceptors (Lipinski definition) is 5. The molecule has 1 aromatic carbocycles. The van der Waals surface area contributed by atoms with E-state index < -0.39 is 16.9 Å². The van der Waals surface area contributed by atoms with Crippen LogP contribution >= 0.6 is 0 Å². The molecule has 110 valence electrons. The van der Waals surface area contributed by atoms with Gasteiger partial charge in [0, 0.05) is 18.5 Å². The zero-order valence-corrected chi connectivity index (χ0v) is 11.2. The van der Waals surface area contributed by atoms with Crippen LogP contribution in [0.1, 0.15) is 18.0 Å². The number of nitrogens with zero attached hydrogens (tertiary/aromatic N) is 3. The lowest BCUT2D eigenvalue weighted by molar-refractivity contribution is -0.385. The molecule has 0 saturated carbocycles. The topological polar surface area (TPSA) is 107 Å². The second-order valence-electron chi connectivity index (χ2n) is 4.31. The highest BCUT2D eigenvalue weighted by Crippen LogP contribution is 2.32. The van der Waals surface area contributed by atoms with Crippen molar-refractivity contribution in [2.75, 3.05) is 7.11 Å². The van der Waals surface area contributed by atoms with Crippen molar-refractivity contribution in [2.45, 2.75) is 12.5 Å². The van der Waals surface area contributed by atoms with Crippen molar-refractivity contribution in [3.8, 4) is 5.75 Å². The number of methoxy groups -OCH3 is 1. The fourth-order valence-electron chi connectivity index (χ4n) is 2.07. The molecule has 0 spiro atoms. The molecular formula is C13H13N3O5. The third-order valence-electron chi connectivity index (χ3n) is 3.04. The molecule has 2 aromatic rings. The second-order valence-corrected chi connectivity index (χ2v) is 4.31. The van der Waals surface area contributed by atoms with Gasteiger partial charge in [-0.15, -0.1) is 0 Å². The van der Waals surface area contributed by atoms with Gasteiger partial charge in [0.25, 0.3) is 0 Å². The van der Waals surface area contributed by atoms with Crippen LogP contribution in [0.25, 0.3) is 0 Å². The van der Waals surface area contributed by atoms with Gasteiger partial charge in [-0.25, -0.2) is 4.98 Å². The van der Waals surface area contributed by atoms with Gasteiger partial charge < -0.3 is 14.4 Å². The van der Waals surface area contributed by atoms with Gasteiger partial charge in [0.15, 0.2) is 5.75 Å². The Morgan fingerprint density at radius 1 is 1.57 bits per heavy atom. The van der Waals surface area contributed by atoms with Crippen molar-refractivity contribution in [1.29, 1.82) is 0 Å². The maximum Gasteiger partial charge on any atom is 0.311 e. The molecule has 0 aliphatic heterocycles. The van der Waals surface area contributed by atoms with Crippen molar-refractivity contribution in [3.63, 3.8) is 0 Å². The number of aromatic nitrogens is 2. The number of nitro benzene ring substituents is 1. The summed E-state index contributed by atoms with van der Waals surface area (Å²) in [7, 11) is 1.34. The van der Waals surface area contributed by atoms with Crippen LogP contribution in [0.5, 0.6) is 5.75 Å². The van der Waals surface area contributed by atoms with Gasteiger partial charge in [0.1, 0.15) is 0 Å². The van der Waals surface area contributed by atoms with E-state index in [4.69, 9.17) is 9.84 Å². The van der Waals surface area contributed by atoms with Crippen LogP contribution < -0.4 is 4.74 Å². The summed E-state index contributed by atoms with van der Waals surface area (Å²) in [5.41, 5.74) is 0.299. The Labute approximate surface area is 119 Å². The summed E-state index contributed by atoms with van der Waals surface area (Å²) in [6.45, 7) is 0. The quantitative estimate of drug-likeness (QED) is 0.643. The highest BCUT2D eigenvalue weighted by molar-refractivity contribution is 5.68. The summed E-state index contributed by atoms with van der Waals surface area (Å²) in [5.74, 6) is -0.879. The molecular weight excluding hydrogens is 278 g/mol. The molecule has 21 heavy (non-hydrogen) atoms. The number of ether oxygens (including phenoxy) is 1. The van der Waals surface area contributed by atoms with Crippen molar-refractivity contribution in [2.24, 2.45) is 0 Å². The molecule has 0 saturated heterocycles. The number of carboxylic acids is 1. The minimum Gasteiger partial charge on any atom is -0.490 e. The Balaban J connectivity index is 2.47. The van der Waals surface area contributed by atoms with Gasteiger partial charge in [-0.3, -0.25) is 14.9 Å². The summed E-state index contributed by atoms with van der Waals surface area (Å²) < 4.78 is 6.53. The van der Waals surface area contributed by atoms with Gasteiger partial charge in [0.05, 0.1) is 30.8 Å². The highest BCUT2D eigenvalue weighted by Gasteiger charge is 2.22. The molecule has 1 aromatic heterocycles. The summed E-state index contributed by atoms with van der Waals surface area (Å²) >= 11 is 0. The molecule has 0 aliphatic rings. The molecule has 1 unspecified atom stereocenters. The number of rotatable bonds is 6. The summed E-state index contributed by atoms with van der Waals surface area (Å²) in [6.07, 6.45) is 4.40. The minimum absolute atomic E-state index is 0.128. The smallest absolute Gasteiger partial charge is 0.311 e. The highest BCUT2D eigenvalue weighted by atomic mass is 16.6. The van der Waals surface area contributed by atoms with Crippen LogP contribution in [0.15, 0.2) is 36.9 Å². The lowest BCUT2D eigenvalue weighted by Gasteiger charge is -2.17. The van der Waals surface area contributed by atoms with E-state index in [0.29, 0.717) is 5.56 Å². The van der Waals surface area contributed by atoms with E-state index in [0.717, 1.165) is 0 Å². The van der Waals surface area contributed by atoms with E-state index in [1.807, 2.05) is 0 Å². The molecule has 0 fully saturated rings. The first-order chi connectivity index (χ1) is 10.0. The molecule has 2 rings (SSSR count). The third-order valence-corrected chi connectivity index (χ3v) is 3.04. The van der Waals surface area contributed by atoms with E-state index in [2.05, 4.69) is 4.98 Å². The molecule has 8 heteroatoms. The fourth-order valence-corrected chi connectivity index (χ4v) is 2.07. The van der Waals surface area contributed by atoms with E-state index >= 15 is 0 Å². The Morgan fingerprint density at radius 2 is 2.33 bits per heavy atom. The van der Waals surface area contributed by atoms with Crippen molar-refractivity contribution in [1.82, 2.24) is 9.55 Å². The average molecular weight is 291 g/mol. The zero-order chi connectivity index (χ0) is 15.4. The summed E-state index contributed by atoms with van der Waals surface area (Å²) in [6, 6.07) is 3.82. The predicted molar refractivity (Wildman–Crippen MR) is 72.3 cm³/mol. The molecule has 1 N–H and O–H groups in total. The molecule has 1 atom stereocenters. The monoisotopic (exact) mass is 291 g/mol. The largest absolute Gasteiger partial charge is 0.490 e. The summed E-state index contributed by atoms with van der Waals surface area (Å²) in [5, 5.41) is 20.1. The maximum atomic E-state index is 11.1. The minimum atomic E-state index is -1.01. The van der Waals surface area contributed by atoms with E-state index in [9.17, 15) is 14.9 Å². The van der Waals surface area contributed by atoms with Crippen LogP contribution in [0, 0.1) is 10.1 Å². The third kappa shape index (κ3) is 3.16. The molecule has 0 amide bonds. The normalized spacial score (nSPS) is 11.9. The number of carboxylic acid groups (broad SMARTS) is 1. The van der Waals surface area contributed by atoms with Gasteiger partial charge in [-0.2, -0.15) is 0 Å².